The number of aliphatic hydroxyl groups is 1. The Balaban J connectivity index is 1.73. The Kier molecular flexibility index (Phi) is 8.94. The molecular weight excluding hydrogens is 572 g/mol. The third-order valence-electron chi connectivity index (χ3n) is 7.00. The summed E-state index contributed by atoms with van der Waals surface area (Å²) >= 11 is 0. The fourth-order valence-electron chi connectivity index (χ4n) is 4.39. The number of rotatable bonds is 5. The summed E-state index contributed by atoms with van der Waals surface area (Å²) in [6, 6.07) is -1.06. The van der Waals surface area contributed by atoms with Crippen LogP contribution in [0, 0.1) is 35.4 Å². The predicted molar refractivity (Wildman–Crippen MR) is 130 cm³/mol. The number of esters is 2. The second-order valence-electron chi connectivity index (χ2n) is 10.1. The Morgan fingerprint density at radius 1 is 1.07 bits per heavy atom. The van der Waals surface area contributed by atoms with Gasteiger partial charge in [0, 0.05) is 24.1 Å². The standard InChI is InChI=1S/C26H26F4N4O8/c1-9-19(36)13(8-12-15(27)16(28)22(30)34-21(12)29)32-23(37)17(33-24(38)18-14(35)4-3-7-31-18)10(2)41-26(40)20(11-5-6-11)42-25(9)39/h3-4,7,9-11,13,17,19-20,35-36H,5-6,8H2,1-2H3,(H,32,37)(H,33,38). The average Bonchev–Trinajstić information content (AvgIpc) is 3.78. The molecule has 2 amide bonds. The number of aromatic nitrogens is 2. The molecule has 6 unspecified atom stereocenters. The first-order valence-corrected chi connectivity index (χ1v) is 12.8. The van der Waals surface area contributed by atoms with Gasteiger partial charge in [0.05, 0.1) is 18.1 Å². The van der Waals surface area contributed by atoms with Crippen LogP contribution in [0.4, 0.5) is 17.6 Å². The molecule has 2 aromatic heterocycles. The zero-order chi connectivity index (χ0) is 30.9. The number of nitrogens with one attached hydrogen (secondary N) is 2. The fraction of sp³-hybridized carbons (Fsp3) is 0.462. The van der Waals surface area contributed by atoms with Crippen molar-refractivity contribution in [3.05, 3.63) is 53.1 Å². The number of hydrogen-bond acceptors (Lipinski definition) is 10. The van der Waals surface area contributed by atoms with Crippen molar-refractivity contribution in [3.8, 4) is 5.75 Å². The Hall–Kier alpha value is -4.34. The lowest BCUT2D eigenvalue weighted by atomic mass is 9.92. The molecule has 2 aromatic rings. The highest BCUT2D eigenvalue weighted by Gasteiger charge is 2.45. The summed E-state index contributed by atoms with van der Waals surface area (Å²) < 4.78 is 66.9. The molecule has 4 N–H and O–H groups in total. The summed E-state index contributed by atoms with van der Waals surface area (Å²) in [5, 5.41) is 25.5. The van der Waals surface area contributed by atoms with Crippen LogP contribution >= 0.6 is 0 Å². The van der Waals surface area contributed by atoms with E-state index in [0.29, 0.717) is 12.8 Å². The van der Waals surface area contributed by atoms with Crippen molar-refractivity contribution < 1.29 is 56.4 Å². The summed E-state index contributed by atoms with van der Waals surface area (Å²) in [5.41, 5.74) is -1.65. The number of carbonyl (C=O) groups excluding carboxylic acids is 4. The van der Waals surface area contributed by atoms with Crippen LogP contribution < -0.4 is 10.6 Å². The van der Waals surface area contributed by atoms with Gasteiger partial charge >= 0.3 is 11.9 Å². The third kappa shape index (κ3) is 6.42. The number of ether oxygens (including phenoxy) is 2. The van der Waals surface area contributed by atoms with Crippen molar-refractivity contribution in [3.63, 3.8) is 0 Å². The van der Waals surface area contributed by atoms with Gasteiger partial charge in [0.1, 0.15) is 17.9 Å². The molecule has 6 atom stereocenters. The average molecular weight is 599 g/mol. The number of carbonyl (C=O) groups is 4. The first-order valence-electron chi connectivity index (χ1n) is 12.8. The smallest absolute Gasteiger partial charge is 0.348 e. The number of amides is 2. The van der Waals surface area contributed by atoms with Crippen molar-refractivity contribution in [1.29, 1.82) is 0 Å². The number of aliphatic hydroxyl groups excluding tert-OH is 1. The number of aromatic hydroxyl groups is 1. The summed E-state index contributed by atoms with van der Waals surface area (Å²) in [6.07, 6.45) is -3.70. The minimum absolute atomic E-state index is 0.416. The van der Waals surface area contributed by atoms with Crippen molar-refractivity contribution in [2.45, 2.75) is 63.5 Å². The second kappa shape index (κ2) is 12.3. The molecule has 4 rings (SSSR count). The van der Waals surface area contributed by atoms with Crippen LogP contribution in [-0.4, -0.2) is 74.3 Å². The van der Waals surface area contributed by atoms with Gasteiger partial charge in [0.15, 0.2) is 11.5 Å². The van der Waals surface area contributed by atoms with Crippen molar-refractivity contribution in [1.82, 2.24) is 20.6 Å². The molecule has 12 nitrogen and oxygen atoms in total. The van der Waals surface area contributed by atoms with Crippen LogP contribution in [0.25, 0.3) is 0 Å². The largest absolute Gasteiger partial charge is 0.505 e. The fourth-order valence-corrected chi connectivity index (χ4v) is 4.39. The molecule has 0 bridgehead atoms. The predicted octanol–water partition coefficient (Wildman–Crippen LogP) is 0.829. The summed E-state index contributed by atoms with van der Waals surface area (Å²) in [7, 11) is 0. The maximum absolute atomic E-state index is 14.5. The van der Waals surface area contributed by atoms with E-state index in [1.807, 2.05) is 0 Å². The van der Waals surface area contributed by atoms with E-state index < -0.39 is 113 Å². The van der Waals surface area contributed by atoms with Crippen LogP contribution in [0.1, 0.15) is 42.7 Å². The van der Waals surface area contributed by atoms with E-state index in [9.17, 15) is 47.0 Å². The minimum atomic E-state index is -2.11. The van der Waals surface area contributed by atoms with Gasteiger partial charge in [-0.1, -0.05) is 0 Å². The van der Waals surface area contributed by atoms with Gasteiger partial charge in [0.2, 0.25) is 23.8 Å². The van der Waals surface area contributed by atoms with E-state index >= 15 is 0 Å². The quantitative estimate of drug-likeness (QED) is 0.219. The summed E-state index contributed by atoms with van der Waals surface area (Å²) in [4.78, 5) is 58.6. The zero-order valence-electron chi connectivity index (χ0n) is 22.1. The maximum Gasteiger partial charge on any atom is 0.348 e. The number of cyclic esters (lactones) is 2. The number of hydrogen-bond donors (Lipinski definition) is 4. The second-order valence-corrected chi connectivity index (χ2v) is 10.1. The highest BCUT2D eigenvalue weighted by molar-refractivity contribution is 5.98. The van der Waals surface area contributed by atoms with E-state index in [-0.39, 0.29) is 0 Å². The molecule has 1 aliphatic carbocycles. The normalized spacial score (nSPS) is 27.2. The van der Waals surface area contributed by atoms with E-state index in [2.05, 4.69) is 20.6 Å². The SMILES string of the molecule is CC1OC(=O)C(C2CC2)OC(=O)C(C)C(O)C(Cc2c(F)nc(F)c(F)c2F)NC(=O)C1NC(=O)c1ncccc1O. The lowest BCUT2D eigenvalue weighted by Gasteiger charge is -2.33. The van der Waals surface area contributed by atoms with Gasteiger partial charge in [-0.15, -0.1) is 0 Å². The molecule has 2 aliphatic rings. The van der Waals surface area contributed by atoms with E-state index in [1.54, 1.807) is 0 Å². The van der Waals surface area contributed by atoms with Gasteiger partial charge in [-0.2, -0.15) is 18.2 Å². The van der Waals surface area contributed by atoms with Crippen molar-refractivity contribution in [2.75, 3.05) is 0 Å². The van der Waals surface area contributed by atoms with Gasteiger partial charge in [0.25, 0.3) is 11.9 Å². The topological polar surface area (TPSA) is 177 Å². The molecule has 0 spiro atoms. The van der Waals surface area contributed by atoms with Crippen LogP contribution in [0.2, 0.25) is 0 Å². The lowest BCUT2D eigenvalue weighted by Crippen LogP contribution is -2.59. The Morgan fingerprint density at radius 3 is 2.40 bits per heavy atom. The molecule has 0 aromatic carbocycles. The molecule has 226 valence electrons. The number of halogens is 4. The van der Waals surface area contributed by atoms with Crippen LogP contribution in [0.5, 0.6) is 5.75 Å². The Morgan fingerprint density at radius 2 is 1.76 bits per heavy atom. The molecule has 16 heteroatoms. The zero-order valence-corrected chi connectivity index (χ0v) is 22.1. The van der Waals surface area contributed by atoms with E-state index in [1.165, 1.54) is 19.2 Å². The molecule has 1 saturated heterocycles. The van der Waals surface area contributed by atoms with Gasteiger partial charge in [-0.05, 0) is 38.8 Å². The highest BCUT2D eigenvalue weighted by atomic mass is 19.2. The number of pyridine rings is 2. The Bertz CT molecular complexity index is 1410. The molecule has 2 fully saturated rings. The first kappa shape index (κ1) is 30.6. The van der Waals surface area contributed by atoms with Gasteiger partial charge in [-0.3, -0.25) is 14.4 Å². The molecule has 0 radical (unpaired) electrons. The minimum Gasteiger partial charge on any atom is -0.505 e. The van der Waals surface area contributed by atoms with Crippen LogP contribution in [0.15, 0.2) is 18.3 Å². The van der Waals surface area contributed by atoms with Gasteiger partial charge in [-0.25, -0.2) is 14.2 Å². The maximum atomic E-state index is 14.5. The van der Waals surface area contributed by atoms with Crippen LogP contribution in [-0.2, 0) is 30.3 Å². The first-order chi connectivity index (χ1) is 19.8. The molecule has 3 heterocycles. The lowest BCUT2D eigenvalue weighted by molar-refractivity contribution is -0.178. The highest BCUT2D eigenvalue weighted by Crippen LogP contribution is 2.36. The molecule has 1 saturated carbocycles. The van der Waals surface area contributed by atoms with Gasteiger partial charge < -0.3 is 30.3 Å². The Labute approximate surface area is 235 Å². The van der Waals surface area contributed by atoms with E-state index in [0.717, 1.165) is 13.0 Å². The number of nitrogens with zero attached hydrogens (tertiary/aromatic N) is 2. The summed E-state index contributed by atoms with van der Waals surface area (Å²) in [6.45, 7) is 2.36. The third-order valence-corrected chi connectivity index (χ3v) is 7.00. The molecule has 42 heavy (non-hydrogen) atoms. The molecule has 1 aliphatic heterocycles. The molecular formula is C26H26F4N4O8. The van der Waals surface area contributed by atoms with Crippen molar-refractivity contribution >= 4 is 23.8 Å². The van der Waals surface area contributed by atoms with E-state index in [4.69, 9.17) is 9.47 Å². The van der Waals surface area contributed by atoms with Crippen molar-refractivity contribution in [2.24, 2.45) is 11.8 Å². The van der Waals surface area contributed by atoms with Crippen LogP contribution in [0.3, 0.4) is 0 Å². The monoisotopic (exact) mass is 598 g/mol. The summed E-state index contributed by atoms with van der Waals surface area (Å²) in [5.74, 6) is -14.8.